The van der Waals surface area contributed by atoms with Crippen LogP contribution < -0.4 is 9.96 Å². The first kappa shape index (κ1) is 11.4. The fraction of sp³-hybridized carbons (Fsp3) is 1.00. The van der Waals surface area contributed by atoms with Gasteiger partial charge in [-0.15, -0.1) is 0 Å². The maximum atomic E-state index is 3.57. The SMILES string of the molecule is CCN[SiH](C)C[SiH](C)NCC. The van der Waals surface area contributed by atoms with Gasteiger partial charge in [0, 0.05) is 0 Å². The Morgan fingerprint density at radius 3 is 1.55 bits per heavy atom. The highest BCUT2D eigenvalue weighted by atomic mass is 28.3. The Bertz CT molecular complexity index is 80.5. The summed E-state index contributed by atoms with van der Waals surface area (Å²) in [5.41, 5.74) is 1.49. The Hall–Kier alpha value is 0.354. The van der Waals surface area contributed by atoms with Crippen LogP contribution in [0.1, 0.15) is 13.8 Å². The summed E-state index contributed by atoms with van der Waals surface area (Å²) in [5.74, 6) is 0. The maximum Gasteiger partial charge on any atom is 0.104 e. The van der Waals surface area contributed by atoms with E-state index in [0.29, 0.717) is 0 Å². The molecule has 68 valence electrons. The van der Waals surface area contributed by atoms with Crippen molar-refractivity contribution in [3.05, 3.63) is 0 Å². The Morgan fingerprint density at radius 2 is 1.27 bits per heavy atom. The quantitative estimate of drug-likeness (QED) is 0.595. The summed E-state index contributed by atoms with van der Waals surface area (Å²) in [6.07, 6.45) is 0. The van der Waals surface area contributed by atoms with E-state index in [4.69, 9.17) is 0 Å². The summed E-state index contributed by atoms with van der Waals surface area (Å²) in [6, 6.07) is 0. The van der Waals surface area contributed by atoms with Crippen LogP contribution in [0, 0.1) is 0 Å². The van der Waals surface area contributed by atoms with Crippen molar-refractivity contribution in [1.29, 1.82) is 0 Å². The van der Waals surface area contributed by atoms with Gasteiger partial charge in [0.1, 0.15) is 17.9 Å². The third kappa shape index (κ3) is 6.74. The molecule has 2 atom stereocenters. The van der Waals surface area contributed by atoms with Crippen molar-refractivity contribution in [2.24, 2.45) is 0 Å². The molecule has 0 saturated heterocycles. The van der Waals surface area contributed by atoms with E-state index in [1.807, 2.05) is 0 Å². The molecule has 2 unspecified atom stereocenters. The molecule has 0 aromatic rings. The van der Waals surface area contributed by atoms with E-state index in [0.717, 1.165) is 13.1 Å². The zero-order valence-corrected chi connectivity index (χ0v) is 10.6. The molecule has 4 heteroatoms. The summed E-state index contributed by atoms with van der Waals surface area (Å²) in [4.78, 5) is 7.14. The lowest BCUT2D eigenvalue weighted by Crippen LogP contribution is -2.40. The van der Waals surface area contributed by atoms with Crippen molar-refractivity contribution in [3.63, 3.8) is 0 Å². The molecule has 0 bridgehead atoms. The highest BCUT2D eigenvalue weighted by Gasteiger charge is 2.08. The predicted octanol–water partition coefficient (Wildman–Crippen LogP) is 0.452. The third-order valence-electron chi connectivity index (χ3n) is 1.81. The van der Waals surface area contributed by atoms with Crippen molar-refractivity contribution in [1.82, 2.24) is 9.96 Å². The standard InChI is InChI=1S/C7H22N2Si2/c1-5-8-10(3)7-11(4)9-6-2/h8-11H,5-7H2,1-4H3. The van der Waals surface area contributed by atoms with Gasteiger partial charge in [-0.05, 0) is 18.8 Å². The summed E-state index contributed by atoms with van der Waals surface area (Å²) in [5, 5.41) is 0. The lowest BCUT2D eigenvalue weighted by molar-refractivity contribution is 0.967. The number of hydrogen-bond acceptors (Lipinski definition) is 2. The highest BCUT2D eigenvalue weighted by molar-refractivity contribution is 6.73. The topological polar surface area (TPSA) is 24.1 Å². The molecule has 0 aliphatic rings. The molecule has 0 spiro atoms. The molecule has 0 saturated carbocycles. The van der Waals surface area contributed by atoms with Gasteiger partial charge in [0.2, 0.25) is 0 Å². The van der Waals surface area contributed by atoms with Gasteiger partial charge in [0.25, 0.3) is 0 Å². The second-order valence-corrected chi connectivity index (χ2v) is 9.46. The van der Waals surface area contributed by atoms with E-state index in [2.05, 4.69) is 36.9 Å². The van der Waals surface area contributed by atoms with Crippen molar-refractivity contribution in [3.8, 4) is 0 Å². The van der Waals surface area contributed by atoms with E-state index in [9.17, 15) is 0 Å². The van der Waals surface area contributed by atoms with Gasteiger partial charge in [-0.25, -0.2) is 0 Å². The molecule has 2 nitrogen and oxygen atoms in total. The van der Waals surface area contributed by atoms with Gasteiger partial charge in [0.05, 0.1) is 0 Å². The molecule has 0 fully saturated rings. The van der Waals surface area contributed by atoms with Crippen LogP contribution in [-0.4, -0.2) is 31.0 Å². The predicted molar refractivity (Wildman–Crippen MR) is 58.2 cm³/mol. The van der Waals surface area contributed by atoms with E-state index >= 15 is 0 Å². The van der Waals surface area contributed by atoms with Crippen LogP contribution in [-0.2, 0) is 0 Å². The molecule has 0 rings (SSSR count). The highest BCUT2D eigenvalue weighted by Crippen LogP contribution is 1.91. The normalized spacial score (nSPS) is 16.4. The van der Waals surface area contributed by atoms with Crippen molar-refractivity contribution >= 4 is 17.9 Å². The fourth-order valence-electron chi connectivity index (χ4n) is 1.39. The second-order valence-electron chi connectivity index (χ2n) is 3.15. The Morgan fingerprint density at radius 1 is 0.909 bits per heavy atom. The monoisotopic (exact) mass is 190 g/mol. The Balaban J connectivity index is 3.32. The van der Waals surface area contributed by atoms with E-state index in [-0.39, 0.29) is 0 Å². The molecule has 0 heterocycles. The summed E-state index contributed by atoms with van der Waals surface area (Å²) >= 11 is 0. The molecular formula is C7H22N2Si2. The summed E-state index contributed by atoms with van der Waals surface area (Å²) < 4.78 is 0. The molecule has 0 aromatic heterocycles. The van der Waals surface area contributed by atoms with Crippen molar-refractivity contribution < 1.29 is 0 Å². The maximum absolute atomic E-state index is 3.57. The van der Waals surface area contributed by atoms with E-state index < -0.39 is 17.9 Å². The van der Waals surface area contributed by atoms with Gasteiger partial charge in [0.15, 0.2) is 0 Å². The Labute approximate surface area is 74.1 Å². The zero-order valence-electron chi connectivity index (χ0n) is 8.28. The summed E-state index contributed by atoms with van der Waals surface area (Å²) in [7, 11) is -1.08. The van der Waals surface area contributed by atoms with Gasteiger partial charge < -0.3 is 9.96 Å². The minimum Gasteiger partial charge on any atom is -0.340 e. The van der Waals surface area contributed by atoms with Gasteiger partial charge in [-0.1, -0.05) is 26.9 Å². The Kier molecular flexibility index (Phi) is 7.25. The van der Waals surface area contributed by atoms with Crippen LogP contribution in [0.2, 0.25) is 18.8 Å². The second kappa shape index (κ2) is 7.03. The van der Waals surface area contributed by atoms with Crippen LogP contribution in [0.25, 0.3) is 0 Å². The number of hydrogen-bond donors (Lipinski definition) is 2. The average molecular weight is 190 g/mol. The molecule has 11 heavy (non-hydrogen) atoms. The van der Waals surface area contributed by atoms with Gasteiger partial charge in [-0.2, -0.15) is 0 Å². The smallest absolute Gasteiger partial charge is 0.104 e. The van der Waals surface area contributed by atoms with Crippen LogP contribution >= 0.6 is 0 Å². The molecule has 2 N–H and O–H groups in total. The van der Waals surface area contributed by atoms with Crippen LogP contribution in [0.3, 0.4) is 0 Å². The average Bonchev–Trinajstić information content (AvgIpc) is 1.87. The van der Waals surface area contributed by atoms with Crippen molar-refractivity contribution in [2.75, 3.05) is 13.1 Å². The lowest BCUT2D eigenvalue weighted by Gasteiger charge is -2.15. The van der Waals surface area contributed by atoms with E-state index in [1.165, 1.54) is 5.67 Å². The molecule has 0 amide bonds. The first-order valence-electron chi connectivity index (χ1n) is 4.67. The fourth-order valence-corrected chi connectivity index (χ4v) is 8.36. The minimum atomic E-state index is -0.542. The van der Waals surface area contributed by atoms with Gasteiger partial charge in [-0.3, -0.25) is 0 Å². The van der Waals surface area contributed by atoms with Crippen LogP contribution in [0.5, 0.6) is 0 Å². The molecule has 0 aliphatic heterocycles. The van der Waals surface area contributed by atoms with Gasteiger partial charge >= 0.3 is 0 Å². The summed E-state index contributed by atoms with van der Waals surface area (Å²) in [6.45, 7) is 11.5. The first-order chi connectivity index (χ1) is 5.20. The zero-order chi connectivity index (χ0) is 8.69. The number of rotatable bonds is 6. The first-order valence-corrected chi connectivity index (χ1v) is 9.77. The van der Waals surface area contributed by atoms with E-state index in [1.54, 1.807) is 0 Å². The molecular weight excluding hydrogens is 168 g/mol. The van der Waals surface area contributed by atoms with Crippen LogP contribution in [0.4, 0.5) is 0 Å². The van der Waals surface area contributed by atoms with Crippen LogP contribution in [0.15, 0.2) is 0 Å². The minimum absolute atomic E-state index is 0.542. The molecule has 0 aromatic carbocycles. The molecule has 0 radical (unpaired) electrons. The number of nitrogens with one attached hydrogen (secondary N) is 2. The largest absolute Gasteiger partial charge is 0.340 e. The molecule has 0 aliphatic carbocycles. The lowest BCUT2D eigenvalue weighted by atomic mass is 10.8. The van der Waals surface area contributed by atoms with Crippen molar-refractivity contribution in [2.45, 2.75) is 32.6 Å². The third-order valence-corrected chi connectivity index (χ3v) is 9.68.